The van der Waals surface area contributed by atoms with Crippen LogP contribution in [0.5, 0.6) is 0 Å². The second-order valence-electron chi connectivity index (χ2n) is 22.8. The minimum atomic E-state index is -2.19. The summed E-state index contributed by atoms with van der Waals surface area (Å²) in [6.07, 6.45) is -1.68. The topological polar surface area (TPSA) is 303 Å². The van der Waals surface area contributed by atoms with Crippen LogP contribution in [0.1, 0.15) is 118 Å². The van der Waals surface area contributed by atoms with Crippen LogP contribution >= 0.6 is 0 Å². The zero-order chi connectivity index (χ0) is 53.9. The lowest BCUT2D eigenvalue weighted by Crippen LogP contribution is -2.73. The number of esters is 4. The second-order valence-corrected chi connectivity index (χ2v) is 22.8. The molecule has 24 heteroatoms. The average molecular weight is 991 g/mol. The Morgan fingerprint density at radius 3 is 0.729 bits per heavy atom. The van der Waals surface area contributed by atoms with Crippen molar-refractivity contribution < 1.29 is 76.5 Å². The standard InChI is InChI=1S/C46H70N8O16/c1-25(70-29(58)21-54-36(65)44(14,15)50-45(16,17)37(54)66)46(22-67-26(55)18-51-30(59)38(2,3)47-39(4,5)31(51)60,23-68-27(56)19-52-32(61)40(6,7)48-41(8,9)33(52)62)24-69-28(57)20-53-34(63)42(10,11)49-43(12,13)35(53)64/h25,47-50H,18-24H2,1-17H3. The van der Waals surface area contributed by atoms with Crippen molar-refractivity contribution in [3.05, 3.63) is 0 Å². The summed E-state index contributed by atoms with van der Waals surface area (Å²) in [5.41, 5.74) is -12.8. The van der Waals surface area contributed by atoms with E-state index in [4.69, 9.17) is 18.9 Å². The third-order valence-corrected chi connectivity index (χ3v) is 12.6. The maximum Gasteiger partial charge on any atom is 0.326 e. The molecule has 4 saturated heterocycles. The maximum absolute atomic E-state index is 13.9. The fraction of sp³-hybridized carbons (Fsp3) is 0.739. The summed E-state index contributed by atoms with van der Waals surface area (Å²) >= 11 is 0. The van der Waals surface area contributed by atoms with Crippen molar-refractivity contribution >= 4 is 71.1 Å². The van der Waals surface area contributed by atoms with Crippen LogP contribution in [-0.4, -0.2) is 187 Å². The molecule has 4 fully saturated rings. The molecule has 0 spiro atoms. The van der Waals surface area contributed by atoms with Gasteiger partial charge in [0.05, 0.1) is 44.3 Å². The van der Waals surface area contributed by atoms with Crippen molar-refractivity contribution in [2.45, 2.75) is 168 Å². The highest BCUT2D eigenvalue weighted by Gasteiger charge is 2.55. The number of amides is 8. The molecule has 0 aromatic heterocycles. The van der Waals surface area contributed by atoms with Gasteiger partial charge in [0.1, 0.15) is 57.5 Å². The molecule has 0 aromatic rings. The Labute approximate surface area is 407 Å². The molecule has 8 amide bonds. The molecule has 1 unspecified atom stereocenters. The first-order valence-corrected chi connectivity index (χ1v) is 22.8. The first-order chi connectivity index (χ1) is 31.5. The number of nitrogens with one attached hydrogen (secondary N) is 4. The zero-order valence-corrected chi connectivity index (χ0v) is 43.3. The molecule has 4 N–H and O–H groups in total. The number of hydrogen-bond acceptors (Lipinski definition) is 20. The van der Waals surface area contributed by atoms with Gasteiger partial charge in [-0.25, -0.2) is 0 Å². The van der Waals surface area contributed by atoms with E-state index in [-0.39, 0.29) is 0 Å². The number of hydrogen-bond donors (Lipinski definition) is 4. The Hall–Kier alpha value is -5.72. The predicted octanol–water partition coefficient (Wildman–Crippen LogP) is -1.40. The smallest absolute Gasteiger partial charge is 0.326 e. The van der Waals surface area contributed by atoms with Gasteiger partial charge in [-0.05, 0) is 118 Å². The summed E-state index contributed by atoms with van der Waals surface area (Å²) < 4.78 is 22.8. The summed E-state index contributed by atoms with van der Waals surface area (Å²) in [4.78, 5) is 166. The van der Waals surface area contributed by atoms with Crippen molar-refractivity contribution in [1.82, 2.24) is 40.9 Å². The molecule has 1 atom stereocenters. The summed E-state index contributed by atoms with van der Waals surface area (Å²) in [5.74, 6) is -11.1. The van der Waals surface area contributed by atoms with Gasteiger partial charge < -0.3 is 18.9 Å². The normalized spacial score (nSPS) is 23.7. The predicted molar refractivity (Wildman–Crippen MR) is 243 cm³/mol. The molecule has 4 heterocycles. The molecule has 4 aliphatic rings. The molecule has 0 radical (unpaired) electrons. The highest BCUT2D eigenvalue weighted by Crippen LogP contribution is 2.32. The lowest BCUT2D eigenvalue weighted by Gasteiger charge is -2.45. The van der Waals surface area contributed by atoms with Crippen molar-refractivity contribution in [2.24, 2.45) is 5.41 Å². The van der Waals surface area contributed by atoms with E-state index in [9.17, 15) is 57.5 Å². The lowest BCUT2D eigenvalue weighted by molar-refractivity contribution is -0.188. The average Bonchev–Trinajstić information content (AvgIpc) is 3.20. The molecular formula is C46H70N8O16. The van der Waals surface area contributed by atoms with Crippen LogP contribution in [0.25, 0.3) is 0 Å². The first kappa shape index (κ1) is 56.9. The highest BCUT2D eigenvalue weighted by molar-refractivity contribution is 6.10. The Morgan fingerprint density at radius 2 is 0.543 bits per heavy atom. The van der Waals surface area contributed by atoms with Crippen LogP contribution in [0.3, 0.4) is 0 Å². The van der Waals surface area contributed by atoms with E-state index >= 15 is 0 Å². The second kappa shape index (κ2) is 18.8. The highest BCUT2D eigenvalue weighted by atomic mass is 16.6. The molecule has 390 valence electrons. The SMILES string of the molecule is CC(OC(=O)CN1C(=O)C(C)(C)NC(C)(C)C1=O)C(COC(=O)CN1C(=O)C(C)(C)NC(C)(C)C1=O)(COC(=O)CN1C(=O)C(C)(C)NC(C)(C)C1=O)COC(=O)CN1C(=O)C(C)(C)NC(C)(C)C1=O. The third kappa shape index (κ3) is 11.6. The Balaban J connectivity index is 1.76. The number of ether oxygens (including phenoxy) is 4. The molecule has 70 heavy (non-hydrogen) atoms. The summed E-state index contributed by atoms with van der Waals surface area (Å²) in [6, 6.07) is 0. The number of carbonyl (C=O) groups excluding carboxylic acids is 12. The van der Waals surface area contributed by atoms with Crippen molar-refractivity contribution in [3.63, 3.8) is 0 Å². The number of rotatable bonds is 16. The largest absolute Gasteiger partial charge is 0.463 e. The Kier molecular flexibility index (Phi) is 15.3. The van der Waals surface area contributed by atoms with Gasteiger partial charge in [0, 0.05) is 0 Å². The third-order valence-electron chi connectivity index (χ3n) is 12.6. The molecule has 4 rings (SSSR count). The quantitative estimate of drug-likeness (QED) is 0.0785. The number of imide groups is 4. The number of carbonyl (C=O) groups is 12. The fourth-order valence-corrected chi connectivity index (χ4v) is 9.36. The lowest BCUT2D eigenvalue weighted by atomic mass is 9.84. The van der Waals surface area contributed by atoms with Gasteiger partial charge in [-0.2, -0.15) is 0 Å². The molecule has 0 saturated carbocycles. The Bertz CT molecular complexity index is 1990. The maximum atomic E-state index is 13.9. The van der Waals surface area contributed by atoms with Gasteiger partial charge in [0.2, 0.25) is 47.3 Å². The van der Waals surface area contributed by atoms with Crippen LogP contribution in [0.15, 0.2) is 0 Å². The van der Waals surface area contributed by atoms with Crippen molar-refractivity contribution in [1.29, 1.82) is 0 Å². The van der Waals surface area contributed by atoms with Gasteiger partial charge in [0.15, 0.2) is 0 Å². The van der Waals surface area contributed by atoms with Crippen LogP contribution < -0.4 is 21.3 Å². The van der Waals surface area contributed by atoms with Gasteiger partial charge in [0.25, 0.3) is 0 Å². The first-order valence-electron chi connectivity index (χ1n) is 22.8. The Morgan fingerprint density at radius 1 is 0.371 bits per heavy atom. The van der Waals surface area contributed by atoms with Gasteiger partial charge in [-0.1, -0.05) is 0 Å². The summed E-state index contributed by atoms with van der Waals surface area (Å²) in [7, 11) is 0. The van der Waals surface area contributed by atoms with Gasteiger partial charge in [-0.3, -0.25) is 98.4 Å². The minimum absolute atomic E-state index is 0.684. The van der Waals surface area contributed by atoms with Crippen LogP contribution in [-0.2, 0) is 76.5 Å². The zero-order valence-electron chi connectivity index (χ0n) is 43.3. The van der Waals surface area contributed by atoms with E-state index in [1.807, 2.05) is 0 Å². The van der Waals surface area contributed by atoms with E-state index < -0.39 is 173 Å². The minimum Gasteiger partial charge on any atom is -0.463 e. The summed E-state index contributed by atoms with van der Waals surface area (Å²) in [5, 5.41) is 11.7. The molecule has 24 nitrogen and oxygen atoms in total. The molecule has 0 aromatic carbocycles. The summed E-state index contributed by atoms with van der Waals surface area (Å²) in [6.45, 7) is 18.6. The van der Waals surface area contributed by atoms with E-state index in [1.165, 1.54) is 118 Å². The monoisotopic (exact) mass is 990 g/mol. The van der Waals surface area contributed by atoms with Crippen LogP contribution in [0.4, 0.5) is 0 Å². The fourth-order valence-electron chi connectivity index (χ4n) is 9.36. The number of piperazine rings is 4. The number of nitrogens with zero attached hydrogens (tertiary/aromatic N) is 4. The van der Waals surface area contributed by atoms with E-state index in [0.29, 0.717) is 19.6 Å². The van der Waals surface area contributed by atoms with Crippen molar-refractivity contribution in [2.75, 3.05) is 46.0 Å². The van der Waals surface area contributed by atoms with Crippen LogP contribution in [0.2, 0.25) is 0 Å². The van der Waals surface area contributed by atoms with Crippen molar-refractivity contribution in [3.8, 4) is 0 Å². The molecule has 0 aliphatic carbocycles. The van der Waals surface area contributed by atoms with Gasteiger partial charge >= 0.3 is 23.9 Å². The van der Waals surface area contributed by atoms with E-state index in [1.54, 1.807) is 0 Å². The molecule has 4 aliphatic heterocycles. The van der Waals surface area contributed by atoms with Crippen LogP contribution in [0, 0.1) is 5.41 Å². The molecular weight excluding hydrogens is 921 g/mol. The molecule has 0 bridgehead atoms. The van der Waals surface area contributed by atoms with E-state index in [0.717, 1.165) is 0 Å². The van der Waals surface area contributed by atoms with Gasteiger partial charge in [-0.15, -0.1) is 0 Å². The van der Waals surface area contributed by atoms with E-state index in [2.05, 4.69) is 21.3 Å².